The molecule has 0 radical (unpaired) electrons. The van der Waals surface area contributed by atoms with Crippen LogP contribution in [0.4, 0.5) is 0 Å². The standard InChI is InChI=1S/C5H8O.C2H4O2/c1-2-3-4-5-6;1-2(3)4/h2-4,6H,1,5H2;1H3,(H,3,4). The number of carbonyl (C=O) groups is 1. The summed E-state index contributed by atoms with van der Waals surface area (Å²) in [6.45, 7) is 4.59. The number of hydrogen-bond acceptors (Lipinski definition) is 2. The maximum Gasteiger partial charge on any atom is 0.300 e. The van der Waals surface area contributed by atoms with E-state index in [4.69, 9.17) is 15.0 Å². The minimum Gasteiger partial charge on any atom is -0.481 e. The first-order chi connectivity index (χ1) is 4.65. The molecule has 0 aromatic heterocycles. The summed E-state index contributed by atoms with van der Waals surface area (Å²) in [5.41, 5.74) is 0. The third-order valence-corrected chi connectivity index (χ3v) is 0.378. The quantitative estimate of drug-likeness (QED) is 0.564. The van der Waals surface area contributed by atoms with Crippen LogP contribution < -0.4 is 0 Å². The minimum absolute atomic E-state index is 0.103. The Morgan fingerprint density at radius 2 is 2.10 bits per heavy atom. The van der Waals surface area contributed by atoms with E-state index < -0.39 is 5.97 Å². The van der Waals surface area contributed by atoms with Gasteiger partial charge in [0.15, 0.2) is 0 Å². The number of aliphatic hydroxyl groups is 1. The molecule has 0 aliphatic heterocycles. The molecule has 58 valence electrons. The molecule has 0 fully saturated rings. The van der Waals surface area contributed by atoms with E-state index in [1.165, 1.54) is 0 Å². The monoisotopic (exact) mass is 144 g/mol. The Morgan fingerprint density at radius 1 is 1.70 bits per heavy atom. The van der Waals surface area contributed by atoms with Crippen molar-refractivity contribution in [2.45, 2.75) is 6.92 Å². The van der Waals surface area contributed by atoms with Crippen LogP contribution in [0.2, 0.25) is 0 Å². The molecule has 0 heterocycles. The average molecular weight is 144 g/mol. The van der Waals surface area contributed by atoms with Crippen LogP contribution in [0.1, 0.15) is 6.92 Å². The van der Waals surface area contributed by atoms with E-state index in [2.05, 4.69) is 6.58 Å². The highest BCUT2D eigenvalue weighted by Gasteiger charge is 1.65. The zero-order chi connectivity index (χ0) is 8.41. The van der Waals surface area contributed by atoms with Gasteiger partial charge in [0.25, 0.3) is 5.97 Å². The van der Waals surface area contributed by atoms with Crippen molar-refractivity contribution in [1.29, 1.82) is 0 Å². The first-order valence-electron chi connectivity index (χ1n) is 2.73. The van der Waals surface area contributed by atoms with Crippen LogP contribution in [0.15, 0.2) is 24.8 Å². The second kappa shape index (κ2) is 10.8. The van der Waals surface area contributed by atoms with Gasteiger partial charge in [0.1, 0.15) is 0 Å². The fourth-order valence-corrected chi connectivity index (χ4v) is 0.157. The Bertz CT molecular complexity index is 112. The average Bonchev–Trinajstić information content (AvgIpc) is 1.82. The molecule has 0 amide bonds. The van der Waals surface area contributed by atoms with Crippen molar-refractivity contribution in [1.82, 2.24) is 0 Å². The van der Waals surface area contributed by atoms with Gasteiger partial charge in [-0.25, -0.2) is 0 Å². The maximum absolute atomic E-state index is 9.00. The van der Waals surface area contributed by atoms with E-state index in [1.54, 1.807) is 18.2 Å². The van der Waals surface area contributed by atoms with Crippen molar-refractivity contribution < 1.29 is 15.0 Å². The Labute approximate surface area is 60.3 Å². The molecule has 0 saturated carbocycles. The lowest BCUT2D eigenvalue weighted by Gasteiger charge is -1.68. The SMILES string of the molecule is C=CC=CCO.CC(=O)O. The van der Waals surface area contributed by atoms with Gasteiger partial charge in [-0.3, -0.25) is 4.79 Å². The van der Waals surface area contributed by atoms with Gasteiger partial charge in [0.2, 0.25) is 0 Å². The van der Waals surface area contributed by atoms with Crippen LogP contribution >= 0.6 is 0 Å². The predicted molar refractivity (Wildman–Crippen MR) is 39.7 cm³/mol. The topological polar surface area (TPSA) is 57.5 Å². The molecule has 3 heteroatoms. The molecule has 10 heavy (non-hydrogen) atoms. The number of aliphatic carboxylic acids is 1. The molecule has 0 saturated heterocycles. The Hall–Kier alpha value is -1.09. The normalized spacial score (nSPS) is 8.20. The number of allylic oxidation sites excluding steroid dienone is 2. The molecule has 0 unspecified atom stereocenters. The molecular formula is C7H12O3. The van der Waals surface area contributed by atoms with Gasteiger partial charge in [0.05, 0.1) is 6.61 Å². The van der Waals surface area contributed by atoms with Gasteiger partial charge in [0, 0.05) is 6.92 Å². The maximum atomic E-state index is 9.00. The van der Waals surface area contributed by atoms with Crippen molar-refractivity contribution in [3.63, 3.8) is 0 Å². The Kier molecular flexibility index (Phi) is 12.6. The van der Waals surface area contributed by atoms with Crippen molar-refractivity contribution in [3.8, 4) is 0 Å². The third kappa shape index (κ3) is 66.2. The van der Waals surface area contributed by atoms with Gasteiger partial charge in [-0.2, -0.15) is 0 Å². The number of aliphatic hydroxyl groups excluding tert-OH is 1. The summed E-state index contributed by atoms with van der Waals surface area (Å²) in [5, 5.41) is 15.5. The molecule has 0 spiro atoms. The van der Waals surface area contributed by atoms with Gasteiger partial charge in [-0.15, -0.1) is 0 Å². The Morgan fingerprint density at radius 3 is 2.20 bits per heavy atom. The summed E-state index contributed by atoms with van der Waals surface area (Å²) >= 11 is 0. The van der Waals surface area contributed by atoms with E-state index in [9.17, 15) is 0 Å². The smallest absolute Gasteiger partial charge is 0.300 e. The lowest BCUT2D eigenvalue weighted by atomic mass is 10.5. The number of carboxylic acid groups (broad SMARTS) is 1. The van der Waals surface area contributed by atoms with Gasteiger partial charge in [-0.1, -0.05) is 24.8 Å². The van der Waals surface area contributed by atoms with Crippen LogP contribution in [0.3, 0.4) is 0 Å². The third-order valence-electron chi connectivity index (χ3n) is 0.378. The Balaban J connectivity index is 0. The van der Waals surface area contributed by atoms with Crippen LogP contribution in [0.5, 0.6) is 0 Å². The highest BCUT2D eigenvalue weighted by atomic mass is 16.4. The first kappa shape index (κ1) is 11.7. The molecule has 0 rings (SSSR count). The molecular weight excluding hydrogens is 132 g/mol. The fourth-order valence-electron chi connectivity index (χ4n) is 0.157. The van der Waals surface area contributed by atoms with Crippen molar-refractivity contribution in [3.05, 3.63) is 24.8 Å². The van der Waals surface area contributed by atoms with E-state index in [0.717, 1.165) is 6.92 Å². The number of carboxylic acids is 1. The van der Waals surface area contributed by atoms with Gasteiger partial charge >= 0.3 is 0 Å². The summed E-state index contributed by atoms with van der Waals surface area (Å²) in [4.78, 5) is 9.00. The highest BCUT2D eigenvalue weighted by Crippen LogP contribution is 1.66. The van der Waals surface area contributed by atoms with Crippen molar-refractivity contribution >= 4 is 5.97 Å². The van der Waals surface area contributed by atoms with E-state index in [1.807, 2.05) is 0 Å². The minimum atomic E-state index is -0.833. The molecule has 0 aliphatic carbocycles. The zero-order valence-electron chi connectivity index (χ0n) is 5.95. The summed E-state index contributed by atoms with van der Waals surface area (Å²) < 4.78 is 0. The first-order valence-corrected chi connectivity index (χ1v) is 2.73. The largest absolute Gasteiger partial charge is 0.481 e. The molecule has 2 N–H and O–H groups in total. The summed E-state index contributed by atoms with van der Waals surface area (Å²) in [5.74, 6) is -0.833. The zero-order valence-corrected chi connectivity index (χ0v) is 5.95. The second-order valence-corrected chi connectivity index (χ2v) is 1.37. The lowest BCUT2D eigenvalue weighted by Crippen LogP contribution is -1.78. The molecule has 0 aromatic carbocycles. The van der Waals surface area contributed by atoms with Gasteiger partial charge < -0.3 is 10.2 Å². The molecule has 3 nitrogen and oxygen atoms in total. The van der Waals surface area contributed by atoms with E-state index >= 15 is 0 Å². The van der Waals surface area contributed by atoms with E-state index in [0.29, 0.717) is 0 Å². The highest BCUT2D eigenvalue weighted by molar-refractivity contribution is 5.62. The van der Waals surface area contributed by atoms with Crippen LogP contribution in [-0.4, -0.2) is 22.8 Å². The molecule has 0 aromatic rings. The number of rotatable bonds is 2. The molecule has 0 atom stereocenters. The van der Waals surface area contributed by atoms with Crippen LogP contribution in [0.25, 0.3) is 0 Å². The lowest BCUT2D eigenvalue weighted by molar-refractivity contribution is -0.134. The van der Waals surface area contributed by atoms with Crippen LogP contribution in [0, 0.1) is 0 Å². The fraction of sp³-hybridized carbons (Fsp3) is 0.286. The molecule has 0 aliphatic rings. The molecule has 0 bridgehead atoms. The summed E-state index contributed by atoms with van der Waals surface area (Å²) in [7, 11) is 0. The van der Waals surface area contributed by atoms with Crippen molar-refractivity contribution in [2.24, 2.45) is 0 Å². The summed E-state index contributed by atoms with van der Waals surface area (Å²) in [6, 6.07) is 0. The van der Waals surface area contributed by atoms with Crippen LogP contribution in [-0.2, 0) is 4.79 Å². The number of hydrogen-bond donors (Lipinski definition) is 2. The predicted octanol–water partition coefficient (Wildman–Crippen LogP) is 0.812. The summed E-state index contributed by atoms with van der Waals surface area (Å²) in [6.07, 6.45) is 4.93. The van der Waals surface area contributed by atoms with Crippen molar-refractivity contribution in [2.75, 3.05) is 6.61 Å². The van der Waals surface area contributed by atoms with Gasteiger partial charge in [-0.05, 0) is 0 Å². The second-order valence-electron chi connectivity index (χ2n) is 1.37. The van der Waals surface area contributed by atoms with E-state index in [-0.39, 0.29) is 6.61 Å².